The number of ether oxygens (including phenoxy) is 1. The van der Waals surface area contributed by atoms with Gasteiger partial charge in [-0.25, -0.2) is 26.3 Å². The van der Waals surface area contributed by atoms with E-state index in [-0.39, 0.29) is 27.5 Å². The Morgan fingerprint density at radius 3 is 2.03 bits per heavy atom. The third-order valence-electron chi connectivity index (χ3n) is 4.94. The van der Waals surface area contributed by atoms with Crippen molar-refractivity contribution in [3.63, 3.8) is 0 Å². The van der Waals surface area contributed by atoms with Crippen molar-refractivity contribution in [1.82, 2.24) is 0 Å². The van der Waals surface area contributed by atoms with E-state index in [1.807, 2.05) is 0 Å². The van der Waals surface area contributed by atoms with E-state index in [1.54, 1.807) is 6.92 Å². The number of hydrogen-bond acceptors (Lipinski definition) is 1. The maximum atomic E-state index is 14.5. The molecule has 0 unspecified atom stereocenters. The van der Waals surface area contributed by atoms with Gasteiger partial charge in [0.05, 0.1) is 17.7 Å². The van der Waals surface area contributed by atoms with Crippen LogP contribution in [0.15, 0.2) is 54.6 Å². The summed E-state index contributed by atoms with van der Waals surface area (Å²) in [4.78, 5) is 0. The normalized spacial score (nSPS) is 10.4. The van der Waals surface area contributed by atoms with Crippen molar-refractivity contribution >= 4 is 10.8 Å². The van der Waals surface area contributed by atoms with Crippen LogP contribution >= 0.6 is 0 Å². The fraction of sp³-hybridized carbons (Fsp3) is 0.0714. The second kappa shape index (κ2) is 9.87. The van der Waals surface area contributed by atoms with E-state index in [1.165, 1.54) is 36.4 Å². The van der Waals surface area contributed by atoms with Gasteiger partial charge >= 0.3 is 0 Å². The van der Waals surface area contributed by atoms with Gasteiger partial charge in [-0.05, 0) is 54.8 Å². The molecule has 35 heavy (non-hydrogen) atoms. The van der Waals surface area contributed by atoms with Crippen molar-refractivity contribution in [3.8, 4) is 29.4 Å². The third-order valence-corrected chi connectivity index (χ3v) is 4.94. The van der Waals surface area contributed by atoms with Crippen LogP contribution in [0.3, 0.4) is 0 Å². The lowest BCUT2D eigenvalue weighted by atomic mass is 10.1. The standard InChI is InChI=1S/C28H14F6O/c1-2-35-20-8-7-18(23(29)15-20)6-3-17-12-24(30)22(25(31)13-17)10-5-16-4-9-21-19(11-16)14-26(32)28(34)27(21)33/h4,7-9,11-15H,2H2,1H3. The van der Waals surface area contributed by atoms with Crippen LogP contribution in [0.1, 0.15) is 29.2 Å². The number of fused-ring (bicyclic) bond motifs is 1. The van der Waals surface area contributed by atoms with E-state index in [0.717, 1.165) is 18.2 Å². The first-order valence-electron chi connectivity index (χ1n) is 10.3. The van der Waals surface area contributed by atoms with Crippen LogP contribution in [0.25, 0.3) is 10.8 Å². The molecule has 0 fully saturated rings. The molecule has 0 aliphatic rings. The van der Waals surface area contributed by atoms with Crippen LogP contribution in [0.4, 0.5) is 26.3 Å². The Bertz CT molecular complexity index is 1560. The largest absolute Gasteiger partial charge is 0.494 e. The number of halogens is 6. The topological polar surface area (TPSA) is 9.23 Å². The minimum atomic E-state index is -1.59. The summed E-state index contributed by atoms with van der Waals surface area (Å²) >= 11 is 0. The molecule has 0 bridgehead atoms. The molecule has 0 heterocycles. The Balaban J connectivity index is 1.62. The molecule has 0 spiro atoms. The Hall–Kier alpha value is -4.36. The minimum Gasteiger partial charge on any atom is -0.494 e. The summed E-state index contributed by atoms with van der Waals surface area (Å²) in [6, 6.07) is 10.6. The van der Waals surface area contributed by atoms with Gasteiger partial charge in [0.1, 0.15) is 23.2 Å². The van der Waals surface area contributed by atoms with Gasteiger partial charge in [-0.15, -0.1) is 0 Å². The molecule has 0 N–H and O–H groups in total. The minimum absolute atomic E-state index is 0.0298. The third kappa shape index (κ3) is 5.10. The predicted molar refractivity (Wildman–Crippen MR) is 120 cm³/mol. The van der Waals surface area contributed by atoms with E-state index in [4.69, 9.17) is 4.74 Å². The lowest BCUT2D eigenvalue weighted by molar-refractivity contribution is 0.338. The number of benzene rings is 4. The highest BCUT2D eigenvalue weighted by atomic mass is 19.2. The lowest BCUT2D eigenvalue weighted by Crippen LogP contribution is -1.94. The smallest absolute Gasteiger partial charge is 0.195 e. The number of hydrogen-bond donors (Lipinski definition) is 0. The first-order chi connectivity index (χ1) is 16.8. The van der Waals surface area contributed by atoms with Crippen molar-refractivity contribution in [2.45, 2.75) is 6.92 Å². The molecular formula is C28H14F6O. The van der Waals surface area contributed by atoms with Gasteiger partial charge in [0.15, 0.2) is 17.5 Å². The Morgan fingerprint density at radius 2 is 1.34 bits per heavy atom. The van der Waals surface area contributed by atoms with Crippen LogP contribution in [0.2, 0.25) is 0 Å². The Kier molecular flexibility index (Phi) is 6.71. The summed E-state index contributed by atoms with van der Waals surface area (Å²) in [6.45, 7) is 2.13. The van der Waals surface area contributed by atoms with Crippen LogP contribution in [0.5, 0.6) is 5.75 Å². The summed E-state index contributed by atoms with van der Waals surface area (Å²) < 4.78 is 89.0. The molecule has 0 atom stereocenters. The van der Waals surface area contributed by atoms with Crippen molar-refractivity contribution in [2.24, 2.45) is 0 Å². The maximum absolute atomic E-state index is 14.5. The fourth-order valence-electron chi connectivity index (χ4n) is 3.28. The molecular weight excluding hydrogens is 466 g/mol. The molecule has 174 valence electrons. The Labute approximate surface area is 197 Å². The second-order valence-corrected chi connectivity index (χ2v) is 7.31. The average Bonchev–Trinajstić information content (AvgIpc) is 2.81. The van der Waals surface area contributed by atoms with Crippen molar-refractivity contribution in [3.05, 3.63) is 112 Å². The molecule has 0 aromatic heterocycles. The summed E-state index contributed by atoms with van der Waals surface area (Å²) in [5.41, 5.74) is -0.337. The van der Waals surface area contributed by atoms with Gasteiger partial charge in [-0.1, -0.05) is 29.7 Å². The molecule has 0 aliphatic heterocycles. The lowest BCUT2D eigenvalue weighted by Gasteiger charge is -2.03. The van der Waals surface area contributed by atoms with Crippen LogP contribution in [-0.2, 0) is 0 Å². The zero-order valence-corrected chi connectivity index (χ0v) is 18.1. The molecule has 0 aliphatic carbocycles. The van der Waals surface area contributed by atoms with Crippen molar-refractivity contribution in [2.75, 3.05) is 6.61 Å². The van der Waals surface area contributed by atoms with E-state index in [9.17, 15) is 26.3 Å². The van der Waals surface area contributed by atoms with Crippen LogP contribution < -0.4 is 4.74 Å². The molecule has 1 nitrogen and oxygen atoms in total. The molecule has 0 amide bonds. The zero-order valence-electron chi connectivity index (χ0n) is 18.1. The second-order valence-electron chi connectivity index (χ2n) is 7.31. The van der Waals surface area contributed by atoms with Crippen molar-refractivity contribution in [1.29, 1.82) is 0 Å². The van der Waals surface area contributed by atoms with Gasteiger partial charge in [0.2, 0.25) is 0 Å². The molecule has 0 radical (unpaired) electrons. The monoisotopic (exact) mass is 480 g/mol. The Morgan fingerprint density at radius 1 is 0.629 bits per heavy atom. The van der Waals surface area contributed by atoms with Crippen LogP contribution in [-0.4, -0.2) is 6.61 Å². The molecule has 0 saturated heterocycles. The molecule has 4 aromatic rings. The first-order valence-corrected chi connectivity index (χ1v) is 10.3. The molecule has 7 heteroatoms. The molecule has 0 saturated carbocycles. The number of rotatable bonds is 2. The fourth-order valence-corrected chi connectivity index (χ4v) is 3.28. The summed E-state index contributed by atoms with van der Waals surface area (Å²) in [5.74, 6) is 3.34. The highest BCUT2D eigenvalue weighted by molar-refractivity contribution is 5.84. The highest BCUT2D eigenvalue weighted by Gasteiger charge is 2.13. The van der Waals surface area contributed by atoms with Gasteiger partial charge in [-0.2, -0.15) is 0 Å². The van der Waals surface area contributed by atoms with E-state index in [0.29, 0.717) is 12.4 Å². The summed E-state index contributed by atoms with van der Waals surface area (Å²) in [7, 11) is 0. The zero-order chi connectivity index (χ0) is 25.1. The molecule has 4 aromatic carbocycles. The average molecular weight is 480 g/mol. The van der Waals surface area contributed by atoms with Gasteiger partial charge < -0.3 is 4.74 Å². The SMILES string of the molecule is CCOc1ccc(C#Cc2cc(F)c(C#Cc3ccc4c(F)c(F)c(F)cc4c3)c(F)c2)c(F)c1. The quantitative estimate of drug-likeness (QED) is 0.173. The van der Waals surface area contributed by atoms with Gasteiger partial charge in [-0.3, -0.25) is 0 Å². The van der Waals surface area contributed by atoms with E-state index in [2.05, 4.69) is 23.7 Å². The van der Waals surface area contributed by atoms with E-state index < -0.39 is 40.5 Å². The summed E-state index contributed by atoms with van der Waals surface area (Å²) in [5, 5.41) is -0.111. The first kappa shape index (κ1) is 23.8. The van der Waals surface area contributed by atoms with Gasteiger partial charge in [0.25, 0.3) is 0 Å². The van der Waals surface area contributed by atoms with E-state index >= 15 is 0 Å². The highest BCUT2D eigenvalue weighted by Crippen LogP contribution is 2.24. The van der Waals surface area contributed by atoms with Crippen LogP contribution in [0, 0.1) is 58.6 Å². The maximum Gasteiger partial charge on any atom is 0.195 e. The predicted octanol–water partition coefficient (Wildman–Crippen LogP) is 6.87. The van der Waals surface area contributed by atoms with Crippen molar-refractivity contribution < 1.29 is 31.1 Å². The summed E-state index contributed by atoms with van der Waals surface area (Å²) in [6.07, 6.45) is 0. The van der Waals surface area contributed by atoms with Gasteiger partial charge in [0, 0.05) is 22.6 Å². The molecule has 4 rings (SSSR count).